The van der Waals surface area contributed by atoms with Crippen LogP contribution in [0.1, 0.15) is 23.4 Å². The van der Waals surface area contributed by atoms with Crippen LogP contribution in [0, 0.1) is 6.92 Å². The van der Waals surface area contributed by atoms with E-state index in [-0.39, 0.29) is 5.91 Å². The molecule has 2 aromatic rings. The highest BCUT2D eigenvalue weighted by Gasteiger charge is 2.24. The first-order chi connectivity index (χ1) is 9.22. The minimum atomic E-state index is 0.104. The van der Waals surface area contributed by atoms with Gasteiger partial charge in [-0.3, -0.25) is 9.78 Å². The molecule has 1 saturated carbocycles. The van der Waals surface area contributed by atoms with E-state index in [0.29, 0.717) is 12.5 Å². The molecule has 0 aliphatic heterocycles. The summed E-state index contributed by atoms with van der Waals surface area (Å²) in [6, 6.07) is 4.30. The van der Waals surface area contributed by atoms with E-state index in [1.807, 2.05) is 19.1 Å². The van der Waals surface area contributed by atoms with Gasteiger partial charge in [0.2, 0.25) is 5.91 Å². The highest BCUT2D eigenvalue weighted by Crippen LogP contribution is 2.28. The Morgan fingerprint density at radius 1 is 1.53 bits per heavy atom. The maximum absolute atomic E-state index is 11.8. The Morgan fingerprint density at radius 2 is 2.37 bits per heavy atom. The third-order valence-electron chi connectivity index (χ3n) is 3.06. The number of hydrogen-bond acceptors (Lipinski definition) is 4. The van der Waals surface area contributed by atoms with E-state index < -0.39 is 0 Å². The molecule has 0 spiro atoms. The topological polar surface area (TPSA) is 54.9 Å². The molecule has 2 heterocycles. The predicted octanol–water partition coefficient (Wildman–Crippen LogP) is 2.33. The van der Waals surface area contributed by atoms with E-state index in [2.05, 4.69) is 15.3 Å². The number of nitrogens with one attached hydrogen (secondary N) is 1. The molecule has 0 aromatic carbocycles. The molecule has 1 aliphatic carbocycles. The number of pyridine rings is 1. The number of carbonyl (C=O) groups is 1. The molecule has 3 rings (SSSR count). The molecule has 2 aromatic heterocycles. The minimum absolute atomic E-state index is 0.104. The summed E-state index contributed by atoms with van der Waals surface area (Å²) in [6.07, 6.45) is 6.21. The Bertz CT molecular complexity index is 590. The average Bonchev–Trinajstić information content (AvgIpc) is 3.14. The number of amides is 1. The van der Waals surface area contributed by atoms with Crippen LogP contribution >= 0.6 is 11.3 Å². The molecule has 98 valence electrons. The Hall–Kier alpha value is -1.75. The normalized spacial score (nSPS) is 14.4. The molecular formula is C14H15N3OS. The second-order valence-corrected chi connectivity index (χ2v) is 5.87. The largest absolute Gasteiger partial charge is 0.353 e. The Balaban J connectivity index is 1.75. The molecule has 4 nitrogen and oxygen atoms in total. The van der Waals surface area contributed by atoms with Gasteiger partial charge in [0.25, 0.3) is 0 Å². The van der Waals surface area contributed by atoms with Crippen molar-refractivity contribution in [2.24, 2.45) is 0 Å². The second-order valence-electron chi connectivity index (χ2n) is 4.79. The van der Waals surface area contributed by atoms with Crippen LogP contribution in [0.3, 0.4) is 0 Å². The van der Waals surface area contributed by atoms with Gasteiger partial charge in [0.15, 0.2) is 0 Å². The van der Waals surface area contributed by atoms with Crippen molar-refractivity contribution in [3.63, 3.8) is 0 Å². The zero-order valence-electron chi connectivity index (χ0n) is 10.7. The molecule has 1 aliphatic rings. The van der Waals surface area contributed by atoms with Crippen molar-refractivity contribution < 1.29 is 4.79 Å². The second kappa shape index (κ2) is 5.09. The SMILES string of the molecule is Cc1nc(-c2cccnc2)sc1CC(=O)NC1CC1. The third-order valence-corrected chi connectivity index (χ3v) is 4.27. The van der Waals surface area contributed by atoms with Crippen molar-refractivity contribution in [1.82, 2.24) is 15.3 Å². The monoisotopic (exact) mass is 273 g/mol. The van der Waals surface area contributed by atoms with Crippen molar-refractivity contribution in [3.05, 3.63) is 35.1 Å². The Morgan fingerprint density at radius 3 is 3.05 bits per heavy atom. The van der Waals surface area contributed by atoms with E-state index in [1.54, 1.807) is 23.7 Å². The standard InChI is InChI=1S/C14H15N3OS/c1-9-12(7-13(18)17-11-4-5-11)19-14(16-9)10-3-2-6-15-8-10/h2-3,6,8,11H,4-5,7H2,1H3,(H,17,18). The maximum atomic E-state index is 11.8. The lowest BCUT2D eigenvalue weighted by molar-refractivity contribution is -0.120. The summed E-state index contributed by atoms with van der Waals surface area (Å²) in [5, 5.41) is 3.94. The first kappa shape index (κ1) is 12.3. The van der Waals surface area contributed by atoms with Gasteiger partial charge >= 0.3 is 0 Å². The average molecular weight is 273 g/mol. The Kier molecular flexibility index (Phi) is 3.29. The van der Waals surface area contributed by atoms with Crippen molar-refractivity contribution in [2.45, 2.75) is 32.2 Å². The fourth-order valence-electron chi connectivity index (χ4n) is 1.86. The highest BCUT2D eigenvalue weighted by molar-refractivity contribution is 7.15. The first-order valence-corrected chi connectivity index (χ1v) is 7.20. The van der Waals surface area contributed by atoms with Crippen LogP contribution in [0.4, 0.5) is 0 Å². The molecule has 0 saturated heterocycles. The van der Waals surface area contributed by atoms with Gasteiger partial charge in [-0.15, -0.1) is 11.3 Å². The number of aryl methyl sites for hydroxylation is 1. The van der Waals surface area contributed by atoms with Gasteiger partial charge in [0, 0.05) is 28.9 Å². The van der Waals surface area contributed by atoms with Gasteiger partial charge in [-0.2, -0.15) is 0 Å². The quantitative estimate of drug-likeness (QED) is 0.930. The summed E-state index contributed by atoms with van der Waals surface area (Å²) in [5.74, 6) is 0.104. The molecule has 19 heavy (non-hydrogen) atoms. The van der Waals surface area contributed by atoms with Crippen molar-refractivity contribution in [2.75, 3.05) is 0 Å². The third kappa shape index (κ3) is 2.98. The summed E-state index contributed by atoms with van der Waals surface area (Å²) in [5.41, 5.74) is 1.94. The van der Waals surface area contributed by atoms with Crippen LogP contribution in [0.2, 0.25) is 0 Å². The summed E-state index contributed by atoms with van der Waals surface area (Å²) in [4.78, 5) is 21.5. The van der Waals surface area contributed by atoms with Crippen LogP contribution in [-0.2, 0) is 11.2 Å². The van der Waals surface area contributed by atoms with Crippen LogP contribution in [0.25, 0.3) is 10.6 Å². The number of thiazole rings is 1. The van der Waals surface area contributed by atoms with Gasteiger partial charge < -0.3 is 5.32 Å². The summed E-state index contributed by atoms with van der Waals surface area (Å²) in [6.45, 7) is 1.95. The molecule has 5 heteroatoms. The van der Waals surface area contributed by atoms with E-state index in [1.165, 1.54) is 0 Å². The minimum Gasteiger partial charge on any atom is -0.353 e. The molecular weight excluding hydrogens is 258 g/mol. The highest BCUT2D eigenvalue weighted by atomic mass is 32.1. The number of carbonyl (C=O) groups excluding carboxylic acids is 1. The fourth-order valence-corrected chi connectivity index (χ4v) is 2.91. The number of hydrogen-bond donors (Lipinski definition) is 1. The molecule has 1 amide bonds. The van der Waals surface area contributed by atoms with Crippen LogP contribution in [0.15, 0.2) is 24.5 Å². The van der Waals surface area contributed by atoms with Gasteiger partial charge in [-0.25, -0.2) is 4.98 Å². The smallest absolute Gasteiger partial charge is 0.225 e. The van der Waals surface area contributed by atoms with Crippen molar-refractivity contribution >= 4 is 17.2 Å². The lowest BCUT2D eigenvalue weighted by atomic mass is 10.3. The molecule has 0 bridgehead atoms. The van der Waals surface area contributed by atoms with Crippen LogP contribution < -0.4 is 5.32 Å². The summed E-state index contributed by atoms with van der Waals surface area (Å²) in [7, 11) is 0. The van der Waals surface area contributed by atoms with Gasteiger partial charge in [0.1, 0.15) is 5.01 Å². The number of nitrogens with zero attached hydrogens (tertiary/aromatic N) is 2. The molecule has 0 atom stereocenters. The fraction of sp³-hybridized carbons (Fsp3) is 0.357. The molecule has 0 radical (unpaired) electrons. The number of rotatable bonds is 4. The molecule has 0 unspecified atom stereocenters. The van der Waals surface area contributed by atoms with Gasteiger partial charge in [0.05, 0.1) is 12.1 Å². The lowest BCUT2D eigenvalue weighted by Crippen LogP contribution is -2.26. The molecule has 1 N–H and O–H groups in total. The van der Waals surface area contributed by atoms with E-state index in [9.17, 15) is 4.79 Å². The lowest BCUT2D eigenvalue weighted by Gasteiger charge is -2.01. The van der Waals surface area contributed by atoms with Crippen molar-refractivity contribution in [1.29, 1.82) is 0 Å². The molecule has 1 fully saturated rings. The van der Waals surface area contributed by atoms with E-state index in [0.717, 1.165) is 34.0 Å². The maximum Gasteiger partial charge on any atom is 0.225 e. The predicted molar refractivity (Wildman–Crippen MR) is 75.0 cm³/mol. The Labute approximate surface area is 115 Å². The summed E-state index contributed by atoms with van der Waals surface area (Å²) < 4.78 is 0. The number of aromatic nitrogens is 2. The van der Waals surface area contributed by atoms with Crippen LogP contribution in [0.5, 0.6) is 0 Å². The van der Waals surface area contributed by atoms with E-state index in [4.69, 9.17) is 0 Å². The summed E-state index contributed by atoms with van der Waals surface area (Å²) >= 11 is 1.58. The zero-order chi connectivity index (χ0) is 13.2. The zero-order valence-corrected chi connectivity index (χ0v) is 11.5. The van der Waals surface area contributed by atoms with Gasteiger partial charge in [-0.1, -0.05) is 0 Å². The van der Waals surface area contributed by atoms with Gasteiger partial charge in [-0.05, 0) is 31.9 Å². The van der Waals surface area contributed by atoms with Crippen molar-refractivity contribution in [3.8, 4) is 10.6 Å². The van der Waals surface area contributed by atoms with E-state index >= 15 is 0 Å². The first-order valence-electron chi connectivity index (χ1n) is 6.38. The van der Waals surface area contributed by atoms with Crippen LogP contribution in [-0.4, -0.2) is 21.9 Å².